The van der Waals surface area contributed by atoms with Crippen LogP contribution in [0.1, 0.15) is 17.5 Å². The Bertz CT molecular complexity index is 737. The van der Waals surface area contributed by atoms with Crippen molar-refractivity contribution in [2.24, 2.45) is 0 Å². The highest BCUT2D eigenvalue weighted by atomic mass is 35.5. The van der Waals surface area contributed by atoms with E-state index in [1.165, 1.54) is 5.56 Å². The Kier molecular flexibility index (Phi) is 6.87. The molecule has 1 amide bonds. The maximum Gasteiger partial charge on any atom is 0.222 e. The van der Waals surface area contributed by atoms with Gasteiger partial charge in [-0.3, -0.25) is 9.69 Å². The standard InChI is InChI=1S/C22H25ClN2O/c23-21-11-5-4-10-20(21)12-13-22(26)25-17-15-24(16-18-25)14-6-9-19-7-2-1-3-8-19/h1-11H,12-18H2/b9-6+. The number of nitrogens with zero attached hydrogens (tertiary/aromatic N) is 2. The quantitative estimate of drug-likeness (QED) is 0.765. The van der Waals surface area contributed by atoms with Crippen LogP contribution < -0.4 is 0 Å². The lowest BCUT2D eigenvalue weighted by atomic mass is 10.1. The Hall–Kier alpha value is -2.10. The van der Waals surface area contributed by atoms with Crippen LogP contribution in [0.2, 0.25) is 5.02 Å². The predicted molar refractivity (Wildman–Crippen MR) is 108 cm³/mol. The van der Waals surface area contributed by atoms with Crippen LogP contribution in [0.5, 0.6) is 0 Å². The maximum atomic E-state index is 12.4. The third kappa shape index (κ3) is 5.45. The van der Waals surface area contributed by atoms with E-state index in [-0.39, 0.29) is 5.91 Å². The lowest BCUT2D eigenvalue weighted by Gasteiger charge is -2.34. The van der Waals surface area contributed by atoms with Gasteiger partial charge in [-0.15, -0.1) is 0 Å². The van der Waals surface area contributed by atoms with Crippen LogP contribution in [0.3, 0.4) is 0 Å². The van der Waals surface area contributed by atoms with Crippen LogP contribution in [0.15, 0.2) is 60.7 Å². The van der Waals surface area contributed by atoms with Crippen molar-refractivity contribution in [2.45, 2.75) is 12.8 Å². The lowest BCUT2D eigenvalue weighted by molar-refractivity contribution is -0.132. The maximum absolute atomic E-state index is 12.4. The van der Waals surface area contributed by atoms with Gasteiger partial charge >= 0.3 is 0 Å². The summed E-state index contributed by atoms with van der Waals surface area (Å²) in [5.74, 6) is 0.226. The fourth-order valence-corrected chi connectivity index (χ4v) is 3.41. The minimum atomic E-state index is 0.226. The molecule has 0 aromatic heterocycles. The number of halogens is 1. The first-order valence-corrected chi connectivity index (χ1v) is 9.55. The van der Waals surface area contributed by atoms with Gasteiger partial charge < -0.3 is 4.90 Å². The Balaban J connectivity index is 1.39. The molecule has 0 spiro atoms. The van der Waals surface area contributed by atoms with E-state index in [4.69, 9.17) is 11.6 Å². The van der Waals surface area contributed by atoms with Gasteiger partial charge in [0.2, 0.25) is 5.91 Å². The highest BCUT2D eigenvalue weighted by molar-refractivity contribution is 6.31. The SMILES string of the molecule is O=C(CCc1ccccc1Cl)N1CCN(C/C=C/c2ccccc2)CC1. The average Bonchev–Trinajstić information content (AvgIpc) is 2.68. The van der Waals surface area contributed by atoms with E-state index in [1.807, 2.05) is 47.4 Å². The molecule has 0 bridgehead atoms. The van der Waals surface area contributed by atoms with Crippen LogP contribution in [0, 0.1) is 0 Å². The van der Waals surface area contributed by atoms with Gasteiger partial charge in [-0.05, 0) is 23.6 Å². The highest BCUT2D eigenvalue weighted by Crippen LogP contribution is 2.17. The normalized spacial score (nSPS) is 15.5. The zero-order valence-corrected chi connectivity index (χ0v) is 15.7. The fraction of sp³-hybridized carbons (Fsp3) is 0.318. The third-order valence-corrected chi connectivity index (χ3v) is 5.13. The number of hydrogen-bond donors (Lipinski definition) is 0. The van der Waals surface area contributed by atoms with E-state index in [0.29, 0.717) is 12.8 Å². The summed E-state index contributed by atoms with van der Waals surface area (Å²) in [4.78, 5) is 16.8. The molecular weight excluding hydrogens is 344 g/mol. The largest absolute Gasteiger partial charge is 0.340 e. The summed E-state index contributed by atoms with van der Waals surface area (Å²) in [5.41, 5.74) is 2.27. The van der Waals surface area contributed by atoms with Crippen molar-refractivity contribution in [3.8, 4) is 0 Å². The van der Waals surface area contributed by atoms with Crippen LogP contribution in [0.25, 0.3) is 6.08 Å². The topological polar surface area (TPSA) is 23.6 Å². The van der Waals surface area contributed by atoms with Crippen LogP contribution in [0.4, 0.5) is 0 Å². The molecule has 0 unspecified atom stereocenters. The number of rotatable bonds is 6. The number of hydrogen-bond acceptors (Lipinski definition) is 2. The van der Waals surface area contributed by atoms with E-state index >= 15 is 0 Å². The number of piperazine rings is 1. The summed E-state index contributed by atoms with van der Waals surface area (Å²) < 4.78 is 0. The molecule has 0 aliphatic carbocycles. The molecular formula is C22H25ClN2O. The van der Waals surface area contributed by atoms with Crippen molar-refractivity contribution in [1.82, 2.24) is 9.80 Å². The zero-order valence-electron chi connectivity index (χ0n) is 15.0. The van der Waals surface area contributed by atoms with Crippen molar-refractivity contribution in [2.75, 3.05) is 32.7 Å². The summed E-state index contributed by atoms with van der Waals surface area (Å²) >= 11 is 6.17. The number of benzene rings is 2. The van der Waals surface area contributed by atoms with Gasteiger partial charge in [0.05, 0.1) is 0 Å². The summed E-state index contributed by atoms with van der Waals surface area (Å²) in [5, 5.41) is 0.746. The average molecular weight is 369 g/mol. The zero-order chi connectivity index (χ0) is 18.2. The van der Waals surface area contributed by atoms with E-state index in [1.54, 1.807) is 0 Å². The molecule has 26 heavy (non-hydrogen) atoms. The summed E-state index contributed by atoms with van der Waals surface area (Å²) in [6, 6.07) is 18.1. The molecule has 1 aliphatic rings. The molecule has 136 valence electrons. The Morgan fingerprint density at radius 3 is 2.38 bits per heavy atom. The van der Waals surface area contributed by atoms with Crippen LogP contribution in [-0.2, 0) is 11.2 Å². The molecule has 1 heterocycles. The van der Waals surface area contributed by atoms with Crippen molar-refractivity contribution in [1.29, 1.82) is 0 Å². The minimum Gasteiger partial charge on any atom is -0.340 e. The van der Waals surface area contributed by atoms with E-state index < -0.39 is 0 Å². The van der Waals surface area contributed by atoms with Gasteiger partial charge in [0.15, 0.2) is 0 Å². The molecule has 1 saturated heterocycles. The number of carbonyl (C=O) groups is 1. The van der Waals surface area contributed by atoms with Crippen LogP contribution in [-0.4, -0.2) is 48.4 Å². The first kappa shape index (κ1) is 18.7. The van der Waals surface area contributed by atoms with Gasteiger partial charge in [-0.1, -0.05) is 72.3 Å². The van der Waals surface area contributed by atoms with Gasteiger partial charge in [0.25, 0.3) is 0 Å². The number of carbonyl (C=O) groups excluding carboxylic acids is 1. The predicted octanol–water partition coefficient (Wildman–Crippen LogP) is 4.13. The Labute approximate surface area is 160 Å². The molecule has 4 heteroatoms. The summed E-state index contributed by atoms with van der Waals surface area (Å²) in [6.45, 7) is 4.39. The summed E-state index contributed by atoms with van der Waals surface area (Å²) in [6.07, 6.45) is 5.58. The van der Waals surface area contributed by atoms with Crippen molar-refractivity contribution < 1.29 is 4.79 Å². The Morgan fingerprint density at radius 1 is 0.962 bits per heavy atom. The van der Waals surface area contributed by atoms with Gasteiger partial charge in [0.1, 0.15) is 0 Å². The van der Waals surface area contributed by atoms with Gasteiger partial charge in [-0.2, -0.15) is 0 Å². The molecule has 1 aliphatic heterocycles. The molecule has 3 rings (SSSR count). The van der Waals surface area contributed by atoms with E-state index in [0.717, 1.165) is 43.3 Å². The first-order valence-electron chi connectivity index (χ1n) is 9.17. The molecule has 0 atom stereocenters. The smallest absolute Gasteiger partial charge is 0.222 e. The second kappa shape index (κ2) is 9.56. The van der Waals surface area contributed by atoms with Gasteiger partial charge in [-0.25, -0.2) is 0 Å². The molecule has 0 radical (unpaired) electrons. The fourth-order valence-electron chi connectivity index (χ4n) is 3.18. The molecule has 0 N–H and O–H groups in total. The van der Waals surface area contributed by atoms with E-state index in [2.05, 4.69) is 29.2 Å². The first-order chi connectivity index (χ1) is 12.7. The van der Waals surface area contributed by atoms with Crippen LogP contribution >= 0.6 is 11.6 Å². The molecule has 3 nitrogen and oxygen atoms in total. The number of aryl methyl sites for hydroxylation is 1. The Morgan fingerprint density at radius 2 is 1.65 bits per heavy atom. The molecule has 2 aromatic carbocycles. The molecule has 2 aromatic rings. The van der Waals surface area contributed by atoms with Crippen molar-refractivity contribution in [3.05, 3.63) is 76.8 Å². The van der Waals surface area contributed by atoms with E-state index in [9.17, 15) is 4.79 Å². The minimum absolute atomic E-state index is 0.226. The second-order valence-electron chi connectivity index (χ2n) is 6.59. The molecule has 1 fully saturated rings. The van der Waals surface area contributed by atoms with Crippen molar-refractivity contribution in [3.63, 3.8) is 0 Å². The van der Waals surface area contributed by atoms with Gasteiger partial charge in [0, 0.05) is 44.2 Å². The second-order valence-corrected chi connectivity index (χ2v) is 6.99. The monoisotopic (exact) mass is 368 g/mol. The lowest BCUT2D eigenvalue weighted by Crippen LogP contribution is -2.48. The summed E-state index contributed by atoms with van der Waals surface area (Å²) in [7, 11) is 0. The van der Waals surface area contributed by atoms with Crippen molar-refractivity contribution >= 4 is 23.6 Å². The number of amides is 1. The molecule has 0 saturated carbocycles. The third-order valence-electron chi connectivity index (χ3n) is 4.76. The highest BCUT2D eigenvalue weighted by Gasteiger charge is 2.20.